The van der Waals surface area contributed by atoms with E-state index in [9.17, 15) is 9.59 Å². The number of carbonyl (C=O) groups excluding carboxylic acids is 2. The molecule has 7 nitrogen and oxygen atoms in total. The lowest BCUT2D eigenvalue weighted by molar-refractivity contribution is -0.130. The van der Waals surface area contributed by atoms with Crippen LogP contribution in [0.1, 0.15) is 23.4 Å². The summed E-state index contributed by atoms with van der Waals surface area (Å²) in [6.45, 7) is 3.95. The van der Waals surface area contributed by atoms with Crippen molar-refractivity contribution < 1.29 is 14.3 Å². The molecule has 0 aliphatic heterocycles. The standard InChI is InChI=1S/C19H26N4O3/c1-13-17(9-10-18(24)20-12-19(25)22(3)4)14(2)23(21-13)15-7-6-8-16(11-15)26-5/h6-8,11H,9-10,12H2,1-5H3,(H,20,24). The molecule has 2 aromatic rings. The normalized spacial score (nSPS) is 10.5. The minimum absolute atomic E-state index is 0.0207. The second-order valence-corrected chi connectivity index (χ2v) is 6.33. The van der Waals surface area contributed by atoms with Crippen LogP contribution in [0.15, 0.2) is 24.3 Å². The molecular formula is C19H26N4O3. The molecule has 2 rings (SSSR count). The van der Waals surface area contributed by atoms with Crippen LogP contribution in [-0.2, 0) is 16.0 Å². The molecule has 0 unspecified atom stereocenters. The summed E-state index contributed by atoms with van der Waals surface area (Å²) in [4.78, 5) is 25.0. The predicted molar refractivity (Wildman–Crippen MR) is 99.6 cm³/mol. The number of likely N-dealkylation sites (N-methyl/N-ethyl adjacent to an activating group) is 1. The van der Waals surface area contributed by atoms with Gasteiger partial charge in [-0.3, -0.25) is 9.59 Å². The lowest BCUT2D eigenvalue weighted by atomic mass is 10.1. The van der Waals surface area contributed by atoms with E-state index in [2.05, 4.69) is 10.4 Å². The zero-order chi connectivity index (χ0) is 19.3. The summed E-state index contributed by atoms with van der Waals surface area (Å²) < 4.78 is 7.13. The van der Waals surface area contributed by atoms with E-state index in [0.29, 0.717) is 12.8 Å². The van der Waals surface area contributed by atoms with Crippen LogP contribution >= 0.6 is 0 Å². The third kappa shape index (κ3) is 4.62. The summed E-state index contributed by atoms with van der Waals surface area (Å²) in [5, 5.41) is 7.25. The monoisotopic (exact) mass is 358 g/mol. The number of hydrogen-bond donors (Lipinski definition) is 1. The Morgan fingerprint density at radius 3 is 2.65 bits per heavy atom. The van der Waals surface area contributed by atoms with Crippen molar-refractivity contribution in [3.63, 3.8) is 0 Å². The quantitative estimate of drug-likeness (QED) is 0.816. The molecule has 26 heavy (non-hydrogen) atoms. The molecule has 0 spiro atoms. The average molecular weight is 358 g/mol. The summed E-state index contributed by atoms with van der Waals surface area (Å²) in [6.07, 6.45) is 0.885. The minimum atomic E-state index is -0.145. The van der Waals surface area contributed by atoms with Crippen molar-refractivity contribution >= 4 is 11.8 Å². The number of benzene rings is 1. The zero-order valence-corrected chi connectivity index (χ0v) is 16.0. The van der Waals surface area contributed by atoms with Crippen LogP contribution in [0.4, 0.5) is 0 Å². The molecule has 140 valence electrons. The number of rotatable bonds is 7. The lowest BCUT2D eigenvalue weighted by Gasteiger charge is -2.11. The lowest BCUT2D eigenvalue weighted by Crippen LogP contribution is -2.36. The van der Waals surface area contributed by atoms with Gasteiger partial charge in [0.15, 0.2) is 0 Å². The highest BCUT2D eigenvalue weighted by Gasteiger charge is 2.15. The third-order valence-corrected chi connectivity index (χ3v) is 4.28. The largest absolute Gasteiger partial charge is 0.497 e. The van der Waals surface area contributed by atoms with Crippen LogP contribution in [0.25, 0.3) is 5.69 Å². The van der Waals surface area contributed by atoms with E-state index in [-0.39, 0.29) is 18.4 Å². The molecule has 7 heteroatoms. The maximum absolute atomic E-state index is 12.0. The van der Waals surface area contributed by atoms with Crippen molar-refractivity contribution in [1.82, 2.24) is 20.0 Å². The predicted octanol–water partition coefficient (Wildman–Crippen LogP) is 1.63. The van der Waals surface area contributed by atoms with Gasteiger partial charge in [-0.05, 0) is 38.0 Å². The minimum Gasteiger partial charge on any atom is -0.497 e. The summed E-state index contributed by atoms with van der Waals surface area (Å²) in [5.74, 6) is 0.492. The van der Waals surface area contributed by atoms with E-state index < -0.39 is 0 Å². The highest BCUT2D eigenvalue weighted by molar-refractivity contribution is 5.84. The van der Waals surface area contributed by atoms with E-state index in [1.807, 2.05) is 42.8 Å². The molecule has 0 fully saturated rings. The van der Waals surface area contributed by atoms with E-state index in [4.69, 9.17) is 4.74 Å². The molecule has 0 atom stereocenters. The number of nitrogens with one attached hydrogen (secondary N) is 1. The topological polar surface area (TPSA) is 76.5 Å². The second kappa shape index (κ2) is 8.51. The fourth-order valence-corrected chi connectivity index (χ4v) is 2.69. The van der Waals surface area contributed by atoms with Gasteiger partial charge < -0.3 is 15.0 Å². The fourth-order valence-electron chi connectivity index (χ4n) is 2.69. The number of aromatic nitrogens is 2. The van der Waals surface area contributed by atoms with Gasteiger partial charge in [-0.1, -0.05) is 6.07 Å². The van der Waals surface area contributed by atoms with Gasteiger partial charge in [-0.25, -0.2) is 4.68 Å². The van der Waals surface area contributed by atoms with Gasteiger partial charge >= 0.3 is 0 Å². The van der Waals surface area contributed by atoms with Gasteiger partial charge in [-0.2, -0.15) is 5.10 Å². The average Bonchev–Trinajstić information content (AvgIpc) is 2.91. The first kappa shape index (κ1) is 19.5. The van der Waals surface area contributed by atoms with E-state index >= 15 is 0 Å². The molecule has 0 radical (unpaired) electrons. The Morgan fingerprint density at radius 1 is 1.27 bits per heavy atom. The number of hydrogen-bond acceptors (Lipinski definition) is 4. The first-order valence-electron chi connectivity index (χ1n) is 8.50. The van der Waals surface area contributed by atoms with Gasteiger partial charge in [0.1, 0.15) is 5.75 Å². The molecule has 0 bridgehead atoms. The van der Waals surface area contributed by atoms with E-state index in [1.54, 1.807) is 21.2 Å². The molecule has 0 saturated heterocycles. The molecule has 1 N–H and O–H groups in total. The van der Waals surface area contributed by atoms with Crippen LogP contribution < -0.4 is 10.1 Å². The smallest absolute Gasteiger partial charge is 0.241 e. The Bertz CT molecular complexity index is 796. The number of ether oxygens (including phenoxy) is 1. The summed E-state index contributed by atoms with van der Waals surface area (Å²) in [7, 11) is 4.95. The van der Waals surface area contributed by atoms with Gasteiger partial charge in [0, 0.05) is 32.3 Å². The van der Waals surface area contributed by atoms with E-state index in [0.717, 1.165) is 28.4 Å². The van der Waals surface area contributed by atoms with Crippen molar-refractivity contribution in [1.29, 1.82) is 0 Å². The Hall–Kier alpha value is -2.83. The Labute approximate surface area is 153 Å². The number of amides is 2. The zero-order valence-electron chi connectivity index (χ0n) is 16.0. The summed E-state index contributed by atoms with van der Waals surface area (Å²) >= 11 is 0. The van der Waals surface area contributed by atoms with Crippen LogP contribution in [0.2, 0.25) is 0 Å². The summed E-state index contributed by atoms with van der Waals surface area (Å²) in [6, 6.07) is 7.68. The van der Waals surface area contributed by atoms with Crippen molar-refractivity contribution in [2.45, 2.75) is 26.7 Å². The Balaban J connectivity index is 2.06. The number of methoxy groups -OCH3 is 1. The Morgan fingerprint density at radius 2 is 2.00 bits per heavy atom. The molecule has 0 aliphatic carbocycles. The number of carbonyl (C=O) groups is 2. The van der Waals surface area contributed by atoms with Gasteiger partial charge in [0.05, 0.1) is 25.0 Å². The molecule has 1 heterocycles. The summed E-state index contributed by atoms with van der Waals surface area (Å²) in [5.41, 5.74) is 3.84. The number of nitrogens with zero attached hydrogens (tertiary/aromatic N) is 3. The van der Waals surface area contributed by atoms with Crippen molar-refractivity contribution in [2.75, 3.05) is 27.7 Å². The van der Waals surface area contributed by atoms with Crippen LogP contribution in [0.5, 0.6) is 5.75 Å². The fraction of sp³-hybridized carbons (Fsp3) is 0.421. The molecule has 1 aromatic heterocycles. The van der Waals surface area contributed by atoms with Crippen LogP contribution in [0.3, 0.4) is 0 Å². The maximum atomic E-state index is 12.0. The molecule has 1 aromatic carbocycles. The Kier molecular flexibility index (Phi) is 6.38. The van der Waals surface area contributed by atoms with Crippen molar-refractivity contribution in [3.8, 4) is 11.4 Å². The van der Waals surface area contributed by atoms with Gasteiger partial charge in [0.2, 0.25) is 11.8 Å². The molecule has 0 aliphatic rings. The van der Waals surface area contributed by atoms with Crippen molar-refractivity contribution in [2.24, 2.45) is 0 Å². The molecule has 2 amide bonds. The first-order chi connectivity index (χ1) is 12.3. The maximum Gasteiger partial charge on any atom is 0.241 e. The highest BCUT2D eigenvalue weighted by atomic mass is 16.5. The van der Waals surface area contributed by atoms with Gasteiger partial charge in [-0.15, -0.1) is 0 Å². The molecular weight excluding hydrogens is 332 g/mol. The number of aryl methyl sites for hydroxylation is 1. The van der Waals surface area contributed by atoms with Crippen molar-refractivity contribution in [3.05, 3.63) is 41.2 Å². The SMILES string of the molecule is COc1cccc(-n2nc(C)c(CCC(=O)NCC(=O)N(C)C)c2C)c1. The highest BCUT2D eigenvalue weighted by Crippen LogP contribution is 2.22. The van der Waals surface area contributed by atoms with Gasteiger partial charge in [0.25, 0.3) is 0 Å². The third-order valence-electron chi connectivity index (χ3n) is 4.28. The van der Waals surface area contributed by atoms with Crippen LogP contribution in [-0.4, -0.2) is 54.2 Å². The second-order valence-electron chi connectivity index (χ2n) is 6.33. The molecule has 0 saturated carbocycles. The first-order valence-corrected chi connectivity index (χ1v) is 8.50. The van der Waals surface area contributed by atoms with E-state index in [1.165, 1.54) is 4.90 Å². The van der Waals surface area contributed by atoms with Crippen LogP contribution in [0, 0.1) is 13.8 Å².